The van der Waals surface area contributed by atoms with Crippen molar-refractivity contribution >= 4 is 11.9 Å². The van der Waals surface area contributed by atoms with Gasteiger partial charge in [-0.3, -0.25) is 4.79 Å². The third kappa shape index (κ3) is 6.78. The minimum Gasteiger partial charge on any atom is -0.482 e. The van der Waals surface area contributed by atoms with Gasteiger partial charge in [0.1, 0.15) is 5.75 Å². The van der Waals surface area contributed by atoms with Gasteiger partial charge in [-0.1, -0.05) is 12.1 Å². The van der Waals surface area contributed by atoms with Gasteiger partial charge in [-0.25, -0.2) is 9.78 Å². The van der Waals surface area contributed by atoms with Crippen LogP contribution in [0.15, 0.2) is 42.6 Å². The third-order valence-electron chi connectivity index (χ3n) is 3.47. The molecule has 1 amide bonds. The van der Waals surface area contributed by atoms with E-state index in [9.17, 15) is 22.8 Å². The molecule has 0 aliphatic heterocycles. The Balaban J connectivity index is 1.91. The Morgan fingerprint density at radius 2 is 1.82 bits per heavy atom. The number of carboxylic acids is 1. The van der Waals surface area contributed by atoms with Crippen molar-refractivity contribution in [3.63, 3.8) is 0 Å². The number of amides is 1. The molecule has 0 saturated heterocycles. The van der Waals surface area contributed by atoms with Gasteiger partial charge >= 0.3 is 12.1 Å². The van der Waals surface area contributed by atoms with Crippen LogP contribution in [0.5, 0.6) is 11.6 Å². The number of aliphatic carboxylic acids is 1. The minimum atomic E-state index is -4.47. The SMILES string of the molecule is CC(NC(=O)c1ccc(OCC(F)(F)F)nc1)c1ccc(OCC(=O)O)cc1. The summed E-state index contributed by atoms with van der Waals surface area (Å²) >= 11 is 0. The van der Waals surface area contributed by atoms with Crippen molar-refractivity contribution in [3.8, 4) is 11.6 Å². The van der Waals surface area contributed by atoms with Crippen LogP contribution < -0.4 is 14.8 Å². The number of carbonyl (C=O) groups excluding carboxylic acids is 1. The maximum atomic E-state index is 12.2. The number of hydrogen-bond acceptors (Lipinski definition) is 5. The average molecular weight is 398 g/mol. The van der Waals surface area contributed by atoms with E-state index in [1.807, 2.05) is 0 Å². The number of rotatable bonds is 8. The highest BCUT2D eigenvalue weighted by Gasteiger charge is 2.28. The van der Waals surface area contributed by atoms with Crippen LogP contribution in [0, 0.1) is 0 Å². The van der Waals surface area contributed by atoms with Crippen LogP contribution in [0.2, 0.25) is 0 Å². The molecule has 1 aromatic carbocycles. The fourth-order valence-corrected chi connectivity index (χ4v) is 2.12. The van der Waals surface area contributed by atoms with E-state index < -0.39 is 31.3 Å². The van der Waals surface area contributed by atoms with Crippen molar-refractivity contribution in [2.45, 2.75) is 19.1 Å². The van der Waals surface area contributed by atoms with Gasteiger partial charge in [0.05, 0.1) is 11.6 Å². The monoisotopic (exact) mass is 398 g/mol. The van der Waals surface area contributed by atoms with E-state index in [0.29, 0.717) is 5.75 Å². The van der Waals surface area contributed by atoms with Gasteiger partial charge in [0, 0.05) is 12.3 Å². The van der Waals surface area contributed by atoms with Crippen molar-refractivity contribution in [3.05, 3.63) is 53.7 Å². The molecule has 1 atom stereocenters. The van der Waals surface area contributed by atoms with Crippen LogP contribution in [0.1, 0.15) is 28.9 Å². The smallest absolute Gasteiger partial charge is 0.422 e. The van der Waals surface area contributed by atoms with E-state index in [2.05, 4.69) is 15.0 Å². The van der Waals surface area contributed by atoms with E-state index in [1.165, 1.54) is 12.1 Å². The first-order chi connectivity index (χ1) is 13.1. The van der Waals surface area contributed by atoms with Crippen molar-refractivity contribution in [2.75, 3.05) is 13.2 Å². The van der Waals surface area contributed by atoms with Crippen LogP contribution >= 0.6 is 0 Å². The number of alkyl halides is 3. The van der Waals surface area contributed by atoms with Crippen LogP contribution in [0.25, 0.3) is 0 Å². The average Bonchev–Trinajstić information content (AvgIpc) is 2.65. The highest BCUT2D eigenvalue weighted by Crippen LogP contribution is 2.19. The molecule has 0 aliphatic carbocycles. The lowest BCUT2D eigenvalue weighted by Crippen LogP contribution is -2.26. The fourth-order valence-electron chi connectivity index (χ4n) is 2.12. The summed E-state index contributed by atoms with van der Waals surface area (Å²) in [5.74, 6) is -1.41. The zero-order valence-corrected chi connectivity index (χ0v) is 14.7. The molecule has 0 spiro atoms. The number of carboxylic acid groups (broad SMARTS) is 1. The quantitative estimate of drug-likeness (QED) is 0.710. The second kappa shape index (κ2) is 9.07. The Kier molecular flexibility index (Phi) is 6.80. The molecule has 0 aliphatic rings. The maximum Gasteiger partial charge on any atom is 0.422 e. The standard InChI is InChI=1S/C18H17F3N2O5/c1-11(12-2-5-14(6-3-12)27-9-16(24)25)23-17(26)13-4-7-15(22-8-13)28-10-18(19,20)21/h2-8,11H,9-10H2,1H3,(H,23,26)(H,24,25). The van der Waals surface area contributed by atoms with Gasteiger partial charge < -0.3 is 19.9 Å². The molecular weight excluding hydrogens is 381 g/mol. The van der Waals surface area contributed by atoms with Gasteiger partial charge in [0.25, 0.3) is 5.91 Å². The molecule has 1 heterocycles. The number of pyridine rings is 1. The molecule has 2 N–H and O–H groups in total. The largest absolute Gasteiger partial charge is 0.482 e. The summed E-state index contributed by atoms with van der Waals surface area (Å²) in [6.07, 6.45) is -3.35. The summed E-state index contributed by atoms with van der Waals surface area (Å²) in [6, 6.07) is 8.61. The Hall–Kier alpha value is -3.30. The number of aromatic nitrogens is 1. The van der Waals surface area contributed by atoms with Gasteiger partial charge in [-0.05, 0) is 30.7 Å². The van der Waals surface area contributed by atoms with E-state index in [4.69, 9.17) is 9.84 Å². The van der Waals surface area contributed by atoms with E-state index in [1.54, 1.807) is 31.2 Å². The number of benzene rings is 1. The molecule has 0 fully saturated rings. The van der Waals surface area contributed by atoms with Gasteiger partial charge in [-0.2, -0.15) is 13.2 Å². The second-order valence-corrected chi connectivity index (χ2v) is 5.74. The first-order valence-corrected chi connectivity index (χ1v) is 8.05. The number of halogens is 3. The highest BCUT2D eigenvalue weighted by atomic mass is 19.4. The summed E-state index contributed by atoms with van der Waals surface area (Å²) in [5.41, 5.74) is 0.904. The summed E-state index contributed by atoms with van der Waals surface area (Å²) < 4.78 is 45.8. The molecule has 1 unspecified atom stereocenters. The molecule has 2 aromatic rings. The lowest BCUT2D eigenvalue weighted by Gasteiger charge is -2.15. The van der Waals surface area contributed by atoms with Gasteiger partial charge in [0.15, 0.2) is 13.2 Å². The summed E-state index contributed by atoms with van der Waals surface area (Å²) in [6.45, 7) is -0.185. The fraction of sp³-hybridized carbons (Fsp3) is 0.278. The first kappa shape index (κ1) is 21.0. The number of hydrogen-bond donors (Lipinski definition) is 2. The molecule has 0 bridgehead atoms. The van der Waals surface area contributed by atoms with Crippen molar-refractivity contribution in [2.24, 2.45) is 0 Å². The zero-order valence-electron chi connectivity index (χ0n) is 14.7. The Morgan fingerprint density at radius 1 is 1.14 bits per heavy atom. The predicted octanol–water partition coefficient (Wildman–Crippen LogP) is 2.98. The first-order valence-electron chi connectivity index (χ1n) is 8.05. The number of ether oxygens (including phenoxy) is 2. The van der Waals surface area contributed by atoms with Crippen LogP contribution in [-0.2, 0) is 4.79 Å². The number of nitrogens with zero attached hydrogens (tertiary/aromatic N) is 1. The molecule has 10 heteroatoms. The van der Waals surface area contributed by atoms with Gasteiger partial charge in [0.2, 0.25) is 5.88 Å². The molecule has 2 rings (SSSR count). The molecule has 150 valence electrons. The van der Waals surface area contributed by atoms with E-state index in [0.717, 1.165) is 11.8 Å². The lowest BCUT2D eigenvalue weighted by molar-refractivity contribution is -0.154. The molecule has 7 nitrogen and oxygen atoms in total. The van der Waals surface area contributed by atoms with Crippen LogP contribution in [-0.4, -0.2) is 41.4 Å². The third-order valence-corrected chi connectivity index (χ3v) is 3.47. The molecule has 1 aromatic heterocycles. The van der Waals surface area contributed by atoms with Crippen molar-refractivity contribution < 1.29 is 37.3 Å². The normalized spacial score (nSPS) is 12.1. The Bertz CT molecular complexity index is 807. The van der Waals surface area contributed by atoms with Crippen LogP contribution in [0.3, 0.4) is 0 Å². The van der Waals surface area contributed by atoms with Gasteiger partial charge in [-0.15, -0.1) is 0 Å². The van der Waals surface area contributed by atoms with E-state index >= 15 is 0 Å². The second-order valence-electron chi connectivity index (χ2n) is 5.74. The summed E-state index contributed by atoms with van der Waals surface area (Å²) in [4.78, 5) is 26.4. The lowest BCUT2D eigenvalue weighted by atomic mass is 10.1. The van der Waals surface area contributed by atoms with Crippen molar-refractivity contribution in [1.29, 1.82) is 0 Å². The zero-order chi connectivity index (χ0) is 20.7. The molecule has 0 saturated carbocycles. The summed E-state index contributed by atoms with van der Waals surface area (Å²) in [7, 11) is 0. The maximum absolute atomic E-state index is 12.2. The predicted molar refractivity (Wildman–Crippen MR) is 91.2 cm³/mol. The van der Waals surface area contributed by atoms with E-state index in [-0.39, 0.29) is 17.5 Å². The number of carbonyl (C=O) groups is 2. The Morgan fingerprint density at radius 3 is 2.36 bits per heavy atom. The van der Waals surface area contributed by atoms with Crippen LogP contribution in [0.4, 0.5) is 13.2 Å². The molecule has 28 heavy (non-hydrogen) atoms. The highest BCUT2D eigenvalue weighted by molar-refractivity contribution is 5.94. The minimum absolute atomic E-state index is 0.160. The molecule has 0 radical (unpaired) electrons. The summed E-state index contributed by atoms with van der Waals surface area (Å²) in [5, 5.41) is 11.3. The number of nitrogens with one attached hydrogen (secondary N) is 1. The Labute approximate surface area is 158 Å². The molecular formula is C18H17F3N2O5. The van der Waals surface area contributed by atoms with Crippen molar-refractivity contribution in [1.82, 2.24) is 10.3 Å². The topological polar surface area (TPSA) is 97.8 Å².